The van der Waals surface area contributed by atoms with Gasteiger partial charge in [0.2, 0.25) is 0 Å². The van der Waals surface area contributed by atoms with Crippen molar-refractivity contribution in [3.05, 3.63) is 123 Å². The van der Waals surface area contributed by atoms with Crippen LogP contribution in [0.15, 0.2) is 81.7 Å². The average molecular weight is 644 g/mol. The van der Waals surface area contributed by atoms with Crippen LogP contribution in [0.5, 0.6) is 11.5 Å². The van der Waals surface area contributed by atoms with Crippen molar-refractivity contribution in [2.75, 3.05) is 13.7 Å². The summed E-state index contributed by atoms with van der Waals surface area (Å²) in [5.74, 6) is 0.397. The molecule has 3 aromatic carbocycles. The van der Waals surface area contributed by atoms with Crippen molar-refractivity contribution in [2.45, 2.75) is 26.5 Å². The molecule has 5 rings (SSSR count). The van der Waals surface area contributed by atoms with E-state index >= 15 is 0 Å². The van der Waals surface area contributed by atoms with Crippen LogP contribution in [0.2, 0.25) is 15.1 Å². The first-order valence-electron chi connectivity index (χ1n) is 12.9. The van der Waals surface area contributed by atoms with Gasteiger partial charge in [-0.05, 0) is 55.3 Å². The van der Waals surface area contributed by atoms with Crippen molar-refractivity contribution in [1.82, 2.24) is 4.57 Å². The number of rotatable bonds is 8. The van der Waals surface area contributed by atoms with E-state index in [1.54, 1.807) is 49.8 Å². The number of halogens is 3. The van der Waals surface area contributed by atoms with Crippen LogP contribution in [0, 0.1) is 0 Å². The summed E-state index contributed by atoms with van der Waals surface area (Å²) >= 11 is 19.8. The van der Waals surface area contributed by atoms with Crippen LogP contribution < -0.4 is 24.4 Å². The lowest BCUT2D eigenvalue weighted by molar-refractivity contribution is -0.139. The first-order chi connectivity index (χ1) is 20.2. The Kier molecular flexibility index (Phi) is 9.08. The molecule has 216 valence electrons. The number of hydrogen-bond donors (Lipinski definition) is 0. The molecular weight excluding hydrogens is 619 g/mol. The standard InChI is InChI=1S/C31H25Cl3N2O5S/c1-4-40-30(38)26-17(2)35-31-36(27(26)19-8-6-5-7-9-19)29(37)25(42-31)13-18-10-11-24(39-3)20(12-18)16-41-28-22(33)14-21(32)15-23(28)34/h5-15,27H,4,16H2,1-3H3. The lowest BCUT2D eigenvalue weighted by Crippen LogP contribution is -2.39. The number of allylic oxidation sites excluding steroid dienone is 1. The Labute approximate surface area is 260 Å². The monoisotopic (exact) mass is 642 g/mol. The Morgan fingerprint density at radius 2 is 1.79 bits per heavy atom. The molecule has 0 radical (unpaired) electrons. The Hall–Kier alpha value is -3.56. The summed E-state index contributed by atoms with van der Waals surface area (Å²) in [6.07, 6.45) is 1.78. The minimum absolute atomic E-state index is 0.100. The molecule has 0 bridgehead atoms. The molecule has 0 fully saturated rings. The zero-order valence-electron chi connectivity index (χ0n) is 22.8. The topological polar surface area (TPSA) is 79.1 Å². The number of carbonyl (C=O) groups is 1. The predicted molar refractivity (Wildman–Crippen MR) is 166 cm³/mol. The number of ether oxygens (including phenoxy) is 3. The third kappa shape index (κ3) is 5.99. The van der Waals surface area contributed by atoms with Gasteiger partial charge in [0.25, 0.3) is 5.56 Å². The van der Waals surface area contributed by atoms with Crippen molar-refractivity contribution in [2.24, 2.45) is 4.99 Å². The van der Waals surface area contributed by atoms with Crippen LogP contribution in [-0.2, 0) is 16.1 Å². The quantitative estimate of drug-likeness (QED) is 0.209. The fourth-order valence-corrected chi connectivity index (χ4v) is 6.68. The third-order valence-corrected chi connectivity index (χ3v) is 8.33. The maximum atomic E-state index is 13.9. The van der Waals surface area contributed by atoms with Gasteiger partial charge in [-0.15, -0.1) is 0 Å². The van der Waals surface area contributed by atoms with Gasteiger partial charge < -0.3 is 14.2 Å². The van der Waals surface area contributed by atoms with Crippen LogP contribution in [0.3, 0.4) is 0 Å². The molecule has 1 aliphatic heterocycles. The zero-order valence-corrected chi connectivity index (χ0v) is 25.9. The Balaban J connectivity index is 1.56. The normalized spacial score (nSPS) is 14.8. The van der Waals surface area contributed by atoms with Gasteiger partial charge in [0.15, 0.2) is 10.6 Å². The molecule has 1 aliphatic rings. The Morgan fingerprint density at radius 3 is 2.45 bits per heavy atom. The van der Waals surface area contributed by atoms with E-state index in [1.807, 2.05) is 42.5 Å². The van der Waals surface area contributed by atoms with Gasteiger partial charge >= 0.3 is 5.97 Å². The largest absolute Gasteiger partial charge is 0.496 e. The first kappa shape index (κ1) is 29.9. The minimum atomic E-state index is -0.669. The summed E-state index contributed by atoms with van der Waals surface area (Å²) in [7, 11) is 1.56. The molecule has 4 aromatic rings. The third-order valence-electron chi connectivity index (χ3n) is 6.57. The second kappa shape index (κ2) is 12.8. The van der Waals surface area contributed by atoms with E-state index in [2.05, 4.69) is 4.99 Å². The number of benzene rings is 3. The molecule has 0 spiro atoms. The van der Waals surface area contributed by atoms with Crippen molar-refractivity contribution in [3.8, 4) is 11.5 Å². The number of fused-ring (bicyclic) bond motifs is 1. The molecule has 1 aromatic heterocycles. The molecule has 2 heterocycles. The number of aromatic nitrogens is 1. The summed E-state index contributed by atoms with van der Waals surface area (Å²) in [6.45, 7) is 3.81. The number of hydrogen-bond acceptors (Lipinski definition) is 7. The number of nitrogens with zero attached hydrogens (tertiary/aromatic N) is 2. The molecule has 42 heavy (non-hydrogen) atoms. The van der Waals surface area contributed by atoms with E-state index in [4.69, 9.17) is 49.0 Å². The van der Waals surface area contributed by atoms with E-state index < -0.39 is 12.0 Å². The van der Waals surface area contributed by atoms with E-state index in [9.17, 15) is 9.59 Å². The maximum Gasteiger partial charge on any atom is 0.338 e. The van der Waals surface area contributed by atoms with Crippen molar-refractivity contribution < 1.29 is 19.0 Å². The predicted octanol–water partition coefficient (Wildman–Crippen LogP) is 6.35. The molecule has 0 N–H and O–H groups in total. The molecule has 0 saturated carbocycles. The number of thiazole rings is 1. The fourth-order valence-electron chi connectivity index (χ4n) is 4.71. The van der Waals surface area contributed by atoms with Gasteiger partial charge in [-0.25, -0.2) is 9.79 Å². The number of carbonyl (C=O) groups excluding carboxylic acids is 1. The SMILES string of the molecule is CCOC(=O)C1=C(C)N=c2sc(=Cc3ccc(OC)c(COc4c(Cl)cc(Cl)cc4Cl)c3)c(=O)n2C1c1ccccc1. The van der Waals surface area contributed by atoms with Crippen LogP contribution in [0.4, 0.5) is 0 Å². The zero-order chi connectivity index (χ0) is 30.0. The van der Waals surface area contributed by atoms with Gasteiger partial charge in [-0.2, -0.15) is 0 Å². The van der Waals surface area contributed by atoms with Crippen LogP contribution in [0.1, 0.15) is 36.6 Å². The van der Waals surface area contributed by atoms with Crippen molar-refractivity contribution in [1.29, 1.82) is 0 Å². The molecule has 0 saturated heterocycles. The first-order valence-corrected chi connectivity index (χ1v) is 14.9. The molecule has 0 amide bonds. The second-order valence-corrected chi connectivity index (χ2v) is 11.5. The van der Waals surface area contributed by atoms with E-state index in [-0.39, 0.29) is 28.8 Å². The minimum Gasteiger partial charge on any atom is -0.496 e. The van der Waals surface area contributed by atoms with Gasteiger partial charge in [0.1, 0.15) is 12.4 Å². The summed E-state index contributed by atoms with van der Waals surface area (Å²) in [5, 5.41) is 0.973. The van der Waals surface area contributed by atoms with Gasteiger partial charge in [0, 0.05) is 10.6 Å². The van der Waals surface area contributed by atoms with Gasteiger partial charge in [-0.1, -0.05) is 82.5 Å². The van der Waals surface area contributed by atoms with Crippen LogP contribution >= 0.6 is 46.1 Å². The highest BCUT2D eigenvalue weighted by Crippen LogP contribution is 2.37. The molecule has 11 heteroatoms. The lowest BCUT2D eigenvalue weighted by Gasteiger charge is -2.24. The number of methoxy groups -OCH3 is 1. The summed E-state index contributed by atoms with van der Waals surface area (Å²) in [6, 6.07) is 17.3. The Morgan fingerprint density at radius 1 is 1.07 bits per heavy atom. The van der Waals surface area contributed by atoms with Gasteiger partial charge in [0.05, 0.1) is 45.6 Å². The smallest absolute Gasteiger partial charge is 0.338 e. The Bertz CT molecular complexity index is 1860. The summed E-state index contributed by atoms with van der Waals surface area (Å²) < 4.78 is 18.8. The molecule has 7 nitrogen and oxygen atoms in total. The maximum absolute atomic E-state index is 13.9. The average Bonchev–Trinajstić information content (AvgIpc) is 3.26. The second-order valence-electron chi connectivity index (χ2n) is 9.27. The lowest BCUT2D eigenvalue weighted by atomic mass is 9.96. The summed E-state index contributed by atoms with van der Waals surface area (Å²) in [4.78, 5) is 32.0. The number of esters is 1. The van der Waals surface area contributed by atoms with Crippen molar-refractivity contribution in [3.63, 3.8) is 0 Å². The molecule has 1 unspecified atom stereocenters. The molecular formula is C31H25Cl3N2O5S. The highest BCUT2D eigenvalue weighted by atomic mass is 35.5. The van der Waals surface area contributed by atoms with Crippen LogP contribution in [-0.4, -0.2) is 24.3 Å². The molecule has 1 atom stereocenters. The van der Waals surface area contributed by atoms with Gasteiger partial charge in [-0.3, -0.25) is 9.36 Å². The highest BCUT2D eigenvalue weighted by Gasteiger charge is 2.33. The van der Waals surface area contributed by atoms with E-state index in [1.165, 1.54) is 11.3 Å². The summed E-state index contributed by atoms with van der Waals surface area (Å²) in [5.41, 5.74) is 2.82. The molecule has 0 aliphatic carbocycles. The van der Waals surface area contributed by atoms with E-state index in [0.717, 1.165) is 11.1 Å². The fraction of sp³-hybridized carbons (Fsp3) is 0.194. The van der Waals surface area contributed by atoms with E-state index in [0.29, 0.717) is 42.7 Å². The van der Waals surface area contributed by atoms with Crippen LogP contribution in [0.25, 0.3) is 6.08 Å². The highest BCUT2D eigenvalue weighted by molar-refractivity contribution is 7.07. The van der Waals surface area contributed by atoms with Crippen molar-refractivity contribution >= 4 is 58.2 Å².